The molecule has 0 spiro atoms. The van der Waals surface area contributed by atoms with E-state index in [2.05, 4.69) is 48.7 Å². The zero-order chi connectivity index (χ0) is 26.8. The van der Waals surface area contributed by atoms with Crippen LogP contribution in [0.3, 0.4) is 0 Å². The van der Waals surface area contributed by atoms with Crippen molar-refractivity contribution in [1.29, 1.82) is 0 Å². The summed E-state index contributed by atoms with van der Waals surface area (Å²) < 4.78 is 4.26. The van der Waals surface area contributed by atoms with E-state index in [1.54, 1.807) is 6.20 Å². The van der Waals surface area contributed by atoms with Gasteiger partial charge < -0.3 is 20.2 Å². The van der Waals surface area contributed by atoms with Gasteiger partial charge in [0.15, 0.2) is 0 Å². The number of nitrogens with one attached hydrogen (secondary N) is 1. The first-order chi connectivity index (χ1) is 18.4. The standard InChI is InChI=1S/2C15H14ClN3/c1-17-13-5-11(8-18-9-13)14-6-10-3-4-12(16)7-15(10)19(14)2;1-19-14(12-4-10(7-17)8-18-9-12)5-11-2-3-13(16)6-15(11)19/h3-9,17H,1-2H3;2-6,8-9H,7,17H2,1H3. The van der Waals surface area contributed by atoms with Crippen LogP contribution in [0, 0.1) is 0 Å². The maximum absolute atomic E-state index is 6.06. The summed E-state index contributed by atoms with van der Waals surface area (Å²) in [5.41, 5.74) is 14.3. The Morgan fingerprint density at radius 2 is 1.24 bits per heavy atom. The second-order valence-electron chi connectivity index (χ2n) is 9.08. The number of halogens is 2. The Labute approximate surface area is 231 Å². The van der Waals surface area contributed by atoms with Gasteiger partial charge in [-0.15, -0.1) is 0 Å². The maximum Gasteiger partial charge on any atom is 0.0530 e. The zero-order valence-electron chi connectivity index (χ0n) is 21.4. The smallest absolute Gasteiger partial charge is 0.0530 e. The molecule has 38 heavy (non-hydrogen) atoms. The maximum atomic E-state index is 6.06. The van der Waals surface area contributed by atoms with Gasteiger partial charge in [0.1, 0.15) is 0 Å². The lowest BCUT2D eigenvalue weighted by Crippen LogP contribution is -1.98. The van der Waals surface area contributed by atoms with Crippen molar-refractivity contribution >= 4 is 50.7 Å². The van der Waals surface area contributed by atoms with Crippen LogP contribution in [0.1, 0.15) is 5.56 Å². The third-order valence-corrected chi connectivity index (χ3v) is 7.13. The SMILES string of the molecule is CNc1cncc(-c2cc3ccc(Cl)cc3n2C)c1.Cn1c(-c2cncc(CN)c2)cc2ccc(Cl)cc21. The zero-order valence-corrected chi connectivity index (χ0v) is 22.9. The monoisotopic (exact) mass is 542 g/mol. The van der Waals surface area contributed by atoms with Crippen molar-refractivity contribution in [2.24, 2.45) is 19.8 Å². The number of fused-ring (bicyclic) bond motifs is 2. The number of aromatic nitrogens is 4. The van der Waals surface area contributed by atoms with Crippen molar-refractivity contribution in [3.8, 4) is 22.5 Å². The van der Waals surface area contributed by atoms with Crippen molar-refractivity contribution in [3.63, 3.8) is 0 Å². The van der Waals surface area contributed by atoms with Crippen molar-refractivity contribution in [2.45, 2.75) is 6.54 Å². The molecular weight excluding hydrogens is 515 g/mol. The first-order valence-electron chi connectivity index (χ1n) is 12.2. The molecule has 8 heteroatoms. The van der Waals surface area contributed by atoms with E-state index >= 15 is 0 Å². The van der Waals surface area contributed by atoms with Crippen LogP contribution < -0.4 is 11.1 Å². The molecule has 192 valence electrons. The Hall–Kier alpha value is -3.84. The molecule has 0 saturated heterocycles. The molecule has 0 aliphatic heterocycles. The average molecular weight is 544 g/mol. The van der Waals surface area contributed by atoms with E-state index in [-0.39, 0.29) is 0 Å². The summed E-state index contributed by atoms with van der Waals surface area (Å²) in [6.07, 6.45) is 7.33. The van der Waals surface area contributed by atoms with Gasteiger partial charge in [0.2, 0.25) is 0 Å². The summed E-state index contributed by atoms with van der Waals surface area (Å²) in [4.78, 5) is 8.50. The molecule has 2 aromatic carbocycles. The van der Waals surface area contributed by atoms with Crippen LogP contribution in [0.2, 0.25) is 10.0 Å². The van der Waals surface area contributed by atoms with Crippen molar-refractivity contribution in [1.82, 2.24) is 19.1 Å². The van der Waals surface area contributed by atoms with E-state index in [0.29, 0.717) is 6.54 Å². The molecule has 0 fully saturated rings. The quantitative estimate of drug-likeness (QED) is 0.245. The van der Waals surface area contributed by atoms with Gasteiger partial charge in [-0.3, -0.25) is 9.97 Å². The van der Waals surface area contributed by atoms with Gasteiger partial charge in [-0.1, -0.05) is 35.3 Å². The number of anilines is 1. The van der Waals surface area contributed by atoms with E-state index < -0.39 is 0 Å². The number of benzene rings is 2. The van der Waals surface area contributed by atoms with Gasteiger partial charge in [-0.05, 0) is 54.1 Å². The highest BCUT2D eigenvalue weighted by Crippen LogP contribution is 2.30. The number of hydrogen-bond donors (Lipinski definition) is 2. The summed E-state index contributed by atoms with van der Waals surface area (Å²) in [6, 6.07) is 20.3. The van der Waals surface area contributed by atoms with E-state index in [9.17, 15) is 0 Å². The first-order valence-corrected chi connectivity index (χ1v) is 12.9. The number of nitrogens with zero attached hydrogens (tertiary/aromatic N) is 4. The normalized spacial score (nSPS) is 11.0. The molecule has 0 unspecified atom stereocenters. The molecule has 6 aromatic rings. The Bertz CT molecular complexity index is 1620. The highest BCUT2D eigenvalue weighted by atomic mass is 35.5. The van der Waals surface area contributed by atoms with Crippen LogP contribution in [0.25, 0.3) is 44.3 Å². The van der Waals surface area contributed by atoms with Crippen LogP contribution in [-0.2, 0) is 20.6 Å². The first kappa shape index (κ1) is 25.8. The number of aryl methyl sites for hydroxylation is 2. The van der Waals surface area contributed by atoms with Gasteiger partial charge in [0, 0.05) is 95.5 Å². The third kappa shape index (κ3) is 5.11. The fourth-order valence-electron chi connectivity index (χ4n) is 4.62. The molecule has 0 bridgehead atoms. The molecule has 0 radical (unpaired) electrons. The van der Waals surface area contributed by atoms with Gasteiger partial charge in [0.05, 0.1) is 17.1 Å². The minimum atomic E-state index is 0.497. The predicted molar refractivity (Wildman–Crippen MR) is 160 cm³/mol. The summed E-state index contributed by atoms with van der Waals surface area (Å²) >= 11 is 12.1. The molecule has 0 aliphatic carbocycles. The number of nitrogens with two attached hydrogens (primary N) is 1. The highest BCUT2D eigenvalue weighted by molar-refractivity contribution is 6.31. The molecule has 4 aromatic heterocycles. The lowest BCUT2D eigenvalue weighted by molar-refractivity contribution is 0.973. The van der Waals surface area contributed by atoms with Crippen molar-refractivity contribution in [3.05, 3.63) is 101 Å². The summed E-state index contributed by atoms with van der Waals surface area (Å²) in [7, 11) is 5.96. The minimum Gasteiger partial charge on any atom is -0.387 e. The Kier molecular flexibility index (Phi) is 7.38. The summed E-state index contributed by atoms with van der Waals surface area (Å²) in [5, 5.41) is 6.95. The second kappa shape index (κ2) is 10.9. The minimum absolute atomic E-state index is 0.497. The lowest BCUT2D eigenvalue weighted by atomic mass is 10.1. The van der Waals surface area contributed by atoms with Crippen LogP contribution in [-0.4, -0.2) is 26.1 Å². The van der Waals surface area contributed by atoms with E-state index in [1.807, 2.05) is 76.1 Å². The van der Waals surface area contributed by atoms with Gasteiger partial charge in [-0.25, -0.2) is 0 Å². The van der Waals surface area contributed by atoms with Crippen LogP contribution in [0.4, 0.5) is 5.69 Å². The largest absolute Gasteiger partial charge is 0.387 e. The van der Waals surface area contributed by atoms with Crippen molar-refractivity contribution in [2.75, 3.05) is 12.4 Å². The molecule has 3 N–H and O–H groups in total. The Balaban J connectivity index is 0.000000155. The molecule has 4 heterocycles. The molecule has 6 rings (SSSR count). The van der Waals surface area contributed by atoms with Crippen molar-refractivity contribution < 1.29 is 0 Å². The number of rotatable bonds is 4. The van der Waals surface area contributed by atoms with Crippen LogP contribution in [0.15, 0.2) is 85.5 Å². The van der Waals surface area contributed by atoms with E-state index in [1.165, 1.54) is 10.8 Å². The summed E-state index contributed by atoms with van der Waals surface area (Å²) in [6.45, 7) is 0.497. The molecular formula is C30H28Cl2N6. The fourth-order valence-corrected chi connectivity index (χ4v) is 4.95. The molecule has 0 saturated carbocycles. The van der Waals surface area contributed by atoms with E-state index in [0.717, 1.165) is 54.8 Å². The lowest BCUT2D eigenvalue weighted by Gasteiger charge is -2.06. The average Bonchev–Trinajstić information content (AvgIpc) is 3.45. The second-order valence-corrected chi connectivity index (χ2v) is 9.95. The van der Waals surface area contributed by atoms with Gasteiger partial charge in [-0.2, -0.15) is 0 Å². The highest BCUT2D eigenvalue weighted by Gasteiger charge is 2.10. The molecule has 6 nitrogen and oxygen atoms in total. The molecule has 0 amide bonds. The predicted octanol–water partition coefficient (Wildman–Crippen LogP) is 7.29. The van der Waals surface area contributed by atoms with Crippen LogP contribution >= 0.6 is 23.2 Å². The number of pyridine rings is 2. The number of hydrogen-bond acceptors (Lipinski definition) is 4. The fraction of sp³-hybridized carbons (Fsp3) is 0.133. The van der Waals surface area contributed by atoms with Gasteiger partial charge >= 0.3 is 0 Å². The summed E-state index contributed by atoms with van der Waals surface area (Å²) in [5.74, 6) is 0. The topological polar surface area (TPSA) is 73.7 Å². The molecule has 0 atom stereocenters. The Morgan fingerprint density at radius 1 is 0.711 bits per heavy atom. The van der Waals surface area contributed by atoms with Gasteiger partial charge in [0.25, 0.3) is 0 Å². The Morgan fingerprint density at radius 3 is 1.76 bits per heavy atom. The third-order valence-electron chi connectivity index (χ3n) is 6.66. The van der Waals surface area contributed by atoms with Crippen LogP contribution in [0.5, 0.6) is 0 Å². The van der Waals surface area contributed by atoms with E-state index in [4.69, 9.17) is 28.9 Å². The molecule has 0 aliphatic rings.